The summed E-state index contributed by atoms with van der Waals surface area (Å²) in [6.45, 7) is 2.29. The molecule has 1 saturated carbocycles. The summed E-state index contributed by atoms with van der Waals surface area (Å²) in [7, 11) is -2.07. The van der Waals surface area contributed by atoms with Crippen LogP contribution in [-0.4, -0.2) is 44.9 Å². The molecule has 1 unspecified atom stereocenters. The minimum Gasteiger partial charge on any atom is -0.497 e. The summed E-state index contributed by atoms with van der Waals surface area (Å²) in [6, 6.07) is 11.1. The lowest BCUT2D eigenvalue weighted by molar-refractivity contribution is -0.131. The van der Waals surface area contributed by atoms with Crippen LogP contribution < -0.4 is 20.1 Å². The summed E-state index contributed by atoms with van der Waals surface area (Å²) in [6.07, 6.45) is 4.45. The van der Waals surface area contributed by atoms with Crippen molar-refractivity contribution in [2.45, 2.75) is 50.1 Å². The van der Waals surface area contributed by atoms with Crippen LogP contribution in [0.15, 0.2) is 53.6 Å². The molecule has 0 radical (unpaired) electrons. The second-order valence-electron chi connectivity index (χ2n) is 8.51. The van der Waals surface area contributed by atoms with Gasteiger partial charge < -0.3 is 15.4 Å². The molecule has 3 rings (SSSR count). The number of methoxy groups -OCH3 is 1. The van der Waals surface area contributed by atoms with E-state index >= 15 is 0 Å². The molecule has 0 bridgehead atoms. The molecular formula is C24H32N4O5S. The van der Waals surface area contributed by atoms with E-state index in [-0.39, 0.29) is 28.5 Å². The number of carbonyl (C=O) groups excluding carboxylic acids is 2. The Morgan fingerprint density at radius 1 is 1.09 bits per heavy atom. The van der Waals surface area contributed by atoms with Gasteiger partial charge in [-0.1, -0.05) is 6.07 Å². The van der Waals surface area contributed by atoms with Gasteiger partial charge in [0.2, 0.25) is 21.8 Å². The van der Waals surface area contributed by atoms with Crippen LogP contribution >= 0.6 is 0 Å². The van der Waals surface area contributed by atoms with Gasteiger partial charge in [0.15, 0.2) is 0 Å². The Kier molecular flexibility index (Phi) is 9.00. The summed E-state index contributed by atoms with van der Waals surface area (Å²) in [4.78, 5) is 29.3. The predicted molar refractivity (Wildman–Crippen MR) is 127 cm³/mol. The molecule has 3 N–H and O–H groups in total. The molecule has 1 aromatic carbocycles. The molecule has 0 saturated heterocycles. The van der Waals surface area contributed by atoms with Crippen molar-refractivity contribution in [3.63, 3.8) is 0 Å². The number of rotatable bonds is 10. The molecule has 2 aromatic rings. The van der Waals surface area contributed by atoms with E-state index in [1.165, 1.54) is 19.2 Å². The van der Waals surface area contributed by atoms with Crippen molar-refractivity contribution in [1.29, 1.82) is 0 Å². The van der Waals surface area contributed by atoms with Gasteiger partial charge >= 0.3 is 0 Å². The van der Waals surface area contributed by atoms with Gasteiger partial charge in [0.05, 0.1) is 24.2 Å². The molecule has 2 amide bonds. The molecule has 34 heavy (non-hydrogen) atoms. The zero-order valence-corrected chi connectivity index (χ0v) is 20.3. The number of sulfonamides is 1. The Morgan fingerprint density at radius 2 is 1.79 bits per heavy atom. The number of nitrogens with one attached hydrogen (secondary N) is 3. The lowest BCUT2D eigenvalue weighted by Crippen LogP contribution is -2.47. The number of ether oxygens (including phenoxy) is 1. The molecular weight excluding hydrogens is 456 g/mol. The monoisotopic (exact) mass is 488 g/mol. The molecule has 1 atom stereocenters. The lowest BCUT2D eigenvalue weighted by Gasteiger charge is -2.28. The van der Waals surface area contributed by atoms with Crippen LogP contribution in [0.2, 0.25) is 0 Å². The first-order chi connectivity index (χ1) is 16.3. The second kappa shape index (κ2) is 11.9. The van der Waals surface area contributed by atoms with Crippen molar-refractivity contribution >= 4 is 21.8 Å². The molecule has 1 fully saturated rings. The molecule has 184 valence electrons. The SMILES string of the molecule is COc1ccc(S(=O)(=O)NCC2CCC(C(=O)NC(C)C(=O)NCc3ccccn3)CC2)cc1. The van der Waals surface area contributed by atoms with E-state index in [1.54, 1.807) is 31.3 Å². The number of nitrogens with zero attached hydrogens (tertiary/aromatic N) is 1. The molecule has 0 aliphatic heterocycles. The molecule has 1 heterocycles. The lowest BCUT2D eigenvalue weighted by atomic mass is 9.81. The first kappa shape index (κ1) is 25.6. The number of hydrogen-bond acceptors (Lipinski definition) is 6. The molecule has 1 aromatic heterocycles. The topological polar surface area (TPSA) is 126 Å². The maximum atomic E-state index is 12.6. The minimum absolute atomic E-state index is 0.141. The van der Waals surface area contributed by atoms with Crippen LogP contribution in [0.1, 0.15) is 38.3 Å². The minimum atomic E-state index is -3.60. The third-order valence-corrected chi connectivity index (χ3v) is 7.51. The van der Waals surface area contributed by atoms with E-state index in [0.29, 0.717) is 31.7 Å². The van der Waals surface area contributed by atoms with Crippen molar-refractivity contribution in [1.82, 2.24) is 20.3 Å². The number of benzene rings is 1. The van der Waals surface area contributed by atoms with Crippen LogP contribution in [0.25, 0.3) is 0 Å². The average molecular weight is 489 g/mol. The number of aromatic nitrogens is 1. The zero-order valence-electron chi connectivity index (χ0n) is 19.5. The molecule has 0 spiro atoms. The average Bonchev–Trinajstić information content (AvgIpc) is 2.87. The van der Waals surface area contributed by atoms with Gasteiger partial charge in [0, 0.05) is 18.7 Å². The number of carbonyl (C=O) groups is 2. The first-order valence-corrected chi connectivity index (χ1v) is 12.9. The van der Waals surface area contributed by atoms with Crippen LogP contribution in [-0.2, 0) is 26.2 Å². The van der Waals surface area contributed by atoms with Crippen molar-refractivity contribution in [3.8, 4) is 5.75 Å². The highest BCUT2D eigenvalue weighted by Crippen LogP contribution is 2.29. The molecule has 1 aliphatic rings. The number of amides is 2. The predicted octanol–water partition coefficient (Wildman–Crippen LogP) is 2.00. The van der Waals surface area contributed by atoms with Gasteiger partial charge in [-0.05, 0) is 74.9 Å². The van der Waals surface area contributed by atoms with Crippen molar-refractivity contribution in [2.75, 3.05) is 13.7 Å². The highest BCUT2D eigenvalue weighted by atomic mass is 32.2. The third-order valence-electron chi connectivity index (χ3n) is 6.07. The summed E-state index contributed by atoms with van der Waals surface area (Å²) < 4.78 is 32.8. The van der Waals surface area contributed by atoms with E-state index in [0.717, 1.165) is 18.5 Å². The fraction of sp³-hybridized carbons (Fsp3) is 0.458. The van der Waals surface area contributed by atoms with Crippen LogP contribution in [0.3, 0.4) is 0 Å². The van der Waals surface area contributed by atoms with Crippen molar-refractivity contribution < 1.29 is 22.7 Å². The van der Waals surface area contributed by atoms with Gasteiger partial charge in [0.25, 0.3) is 0 Å². The number of pyridine rings is 1. The van der Waals surface area contributed by atoms with E-state index in [1.807, 2.05) is 12.1 Å². The largest absolute Gasteiger partial charge is 0.497 e. The quantitative estimate of drug-likeness (QED) is 0.470. The van der Waals surface area contributed by atoms with Crippen molar-refractivity contribution in [2.24, 2.45) is 11.8 Å². The van der Waals surface area contributed by atoms with Crippen LogP contribution in [0.4, 0.5) is 0 Å². The maximum absolute atomic E-state index is 12.6. The highest BCUT2D eigenvalue weighted by Gasteiger charge is 2.29. The van der Waals surface area contributed by atoms with E-state index in [4.69, 9.17) is 4.74 Å². The third kappa shape index (κ3) is 7.26. The van der Waals surface area contributed by atoms with Gasteiger partial charge in [-0.15, -0.1) is 0 Å². The van der Waals surface area contributed by atoms with E-state index in [2.05, 4.69) is 20.3 Å². The first-order valence-electron chi connectivity index (χ1n) is 11.4. The highest BCUT2D eigenvalue weighted by molar-refractivity contribution is 7.89. The Labute approximate surface area is 200 Å². The van der Waals surface area contributed by atoms with Gasteiger partial charge in [0.1, 0.15) is 11.8 Å². The Hall–Kier alpha value is -2.98. The Bertz CT molecular complexity index is 1050. The smallest absolute Gasteiger partial charge is 0.242 e. The summed E-state index contributed by atoms with van der Waals surface area (Å²) in [5.74, 6) is 0.172. The van der Waals surface area contributed by atoms with Gasteiger partial charge in [-0.3, -0.25) is 14.6 Å². The summed E-state index contributed by atoms with van der Waals surface area (Å²) in [5.41, 5.74) is 0.746. The molecule has 10 heteroatoms. The zero-order chi connectivity index (χ0) is 24.6. The normalized spacial score (nSPS) is 19.1. The maximum Gasteiger partial charge on any atom is 0.242 e. The van der Waals surface area contributed by atoms with E-state index < -0.39 is 16.1 Å². The fourth-order valence-corrected chi connectivity index (χ4v) is 5.04. The van der Waals surface area contributed by atoms with Crippen molar-refractivity contribution in [3.05, 3.63) is 54.4 Å². The summed E-state index contributed by atoms with van der Waals surface area (Å²) in [5, 5.41) is 5.57. The second-order valence-corrected chi connectivity index (χ2v) is 10.3. The van der Waals surface area contributed by atoms with Crippen LogP contribution in [0, 0.1) is 11.8 Å². The Morgan fingerprint density at radius 3 is 2.41 bits per heavy atom. The molecule has 9 nitrogen and oxygen atoms in total. The summed E-state index contributed by atoms with van der Waals surface area (Å²) >= 11 is 0. The van der Waals surface area contributed by atoms with Gasteiger partial charge in [-0.25, -0.2) is 13.1 Å². The van der Waals surface area contributed by atoms with Crippen LogP contribution in [0.5, 0.6) is 5.75 Å². The van der Waals surface area contributed by atoms with E-state index in [9.17, 15) is 18.0 Å². The Balaban J connectivity index is 1.39. The number of hydrogen-bond donors (Lipinski definition) is 3. The molecule has 1 aliphatic carbocycles. The van der Waals surface area contributed by atoms with Gasteiger partial charge in [-0.2, -0.15) is 0 Å². The standard InChI is InChI=1S/C24H32N4O5S/c1-17(23(29)26-16-20-5-3-4-14-25-20)28-24(30)19-8-6-18(7-9-19)15-27-34(31,32)22-12-10-21(33-2)11-13-22/h3-5,10-14,17-19,27H,6-9,15-16H2,1-2H3,(H,26,29)(H,28,30). The fourth-order valence-electron chi connectivity index (χ4n) is 3.92.